The van der Waals surface area contributed by atoms with Crippen LogP contribution in [0, 0.1) is 0 Å². The van der Waals surface area contributed by atoms with Gasteiger partial charge in [-0.25, -0.2) is 9.18 Å². The number of urea groups is 1. The van der Waals surface area contributed by atoms with Gasteiger partial charge in [-0.3, -0.25) is 9.78 Å². The van der Waals surface area contributed by atoms with Crippen molar-refractivity contribution in [3.63, 3.8) is 0 Å². The van der Waals surface area contributed by atoms with Gasteiger partial charge in [0.15, 0.2) is 5.82 Å². The fourth-order valence-corrected chi connectivity index (χ4v) is 5.06. The van der Waals surface area contributed by atoms with Crippen molar-refractivity contribution >= 4 is 29.3 Å². The Morgan fingerprint density at radius 2 is 2.16 bits per heavy atom. The molecule has 3 aliphatic rings. The number of hydrogen-bond donors (Lipinski definition) is 4. The predicted octanol–water partition coefficient (Wildman–Crippen LogP) is 2.56. The number of H-pyrrole nitrogens is 1. The average Bonchev–Trinajstić information content (AvgIpc) is 3.36. The van der Waals surface area contributed by atoms with E-state index in [1.807, 2.05) is 13.0 Å². The summed E-state index contributed by atoms with van der Waals surface area (Å²) >= 11 is 0. The van der Waals surface area contributed by atoms with E-state index in [4.69, 9.17) is 9.84 Å². The summed E-state index contributed by atoms with van der Waals surface area (Å²) in [7, 11) is 1.70. The molecule has 4 heterocycles. The zero-order valence-corrected chi connectivity index (χ0v) is 22.0. The van der Waals surface area contributed by atoms with Gasteiger partial charge in [0.05, 0.1) is 48.1 Å². The number of methoxy groups -OCH3 is 1. The van der Waals surface area contributed by atoms with Crippen LogP contribution in [0.2, 0.25) is 0 Å². The van der Waals surface area contributed by atoms with Crippen molar-refractivity contribution in [2.45, 2.75) is 70.4 Å². The highest BCUT2D eigenvalue weighted by Gasteiger charge is 2.49. The van der Waals surface area contributed by atoms with Gasteiger partial charge in [-0.1, -0.05) is 6.92 Å². The van der Waals surface area contributed by atoms with Crippen LogP contribution in [-0.4, -0.2) is 86.7 Å². The van der Waals surface area contributed by atoms with E-state index in [-0.39, 0.29) is 25.3 Å². The van der Waals surface area contributed by atoms with E-state index in [0.29, 0.717) is 24.5 Å². The van der Waals surface area contributed by atoms with E-state index < -0.39 is 11.2 Å². The zero-order valence-electron chi connectivity index (χ0n) is 22.0. The van der Waals surface area contributed by atoms with E-state index in [1.54, 1.807) is 36.7 Å². The molecular weight excluding hydrogens is 479 g/mol. The fraction of sp³-hybridized carbons (Fsp3) is 0.640. The van der Waals surface area contributed by atoms with Gasteiger partial charge in [0.1, 0.15) is 11.4 Å². The van der Waals surface area contributed by atoms with Gasteiger partial charge in [0, 0.05) is 38.9 Å². The van der Waals surface area contributed by atoms with Gasteiger partial charge < -0.3 is 30.3 Å². The summed E-state index contributed by atoms with van der Waals surface area (Å²) in [5.41, 5.74) is 1.80. The smallest absolute Gasteiger partial charge is 0.322 e. The monoisotopic (exact) mass is 516 g/mol. The summed E-state index contributed by atoms with van der Waals surface area (Å²) in [6.07, 6.45) is 6.06. The number of aromatic nitrogens is 4. The first kappa shape index (κ1) is 25.5. The average molecular weight is 517 g/mol. The Morgan fingerprint density at radius 1 is 1.41 bits per heavy atom. The van der Waals surface area contributed by atoms with Gasteiger partial charge in [0.25, 0.3) is 0 Å². The SMILES string of the molecule is CCCN(C(=O)Nc1cn[nH]c1C1=Cc2c(c(N3CC(OC)C3)nn2CC(C)(C)F)CN1)C1(CO)CC1. The number of aliphatic hydroxyl groups excluding tert-OH is 1. The molecule has 4 N–H and O–H groups in total. The molecule has 0 bridgehead atoms. The van der Waals surface area contributed by atoms with Crippen molar-refractivity contribution in [1.29, 1.82) is 0 Å². The predicted molar refractivity (Wildman–Crippen MR) is 139 cm³/mol. The number of rotatable bonds is 10. The maximum atomic E-state index is 14.7. The first-order valence-electron chi connectivity index (χ1n) is 12.9. The number of amides is 2. The molecule has 2 aromatic heterocycles. The largest absolute Gasteiger partial charge is 0.394 e. The molecule has 1 saturated heterocycles. The second-order valence-corrected chi connectivity index (χ2v) is 10.9. The Bertz CT molecular complexity index is 1170. The molecule has 0 radical (unpaired) electrons. The molecule has 37 heavy (non-hydrogen) atoms. The summed E-state index contributed by atoms with van der Waals surface area (Å²) in [6, 6.07) is -0.259. The third kappa shape index (κ3) is 4.91. The minimum absolute atomic E-state index is 0.0481. The topological polar surface area (TPSA) is 124 Å². The van der Waals surface area contributed by atoms with Crippen LogP contribution in [0.5, 0.6) is 0 Å². The molecule has 0 aromatic carbocycles. The molecule has 0 spiro atoms. The number of alkyl halides is 1. The molecule has 0 unspecified atom stereocenters. The van der Waals surface area contributed by atoms with Gasteiger partial charge in [-0.2, -0.15) is 10.2 Å². The van der Waals surface area contributed by atoms with Crippen molar-refractivity contribution < 1.29 is 19.0 Å². The van der Waals surface area contributed by atoms with Gasteiger partial charge in [-0.15, -0.1) is 0 Å². The Labute approximate surface area is 216 Å². The summed E-state index contributed by atoms with van der Waals surface area (Å²) in [5, 5.41) is 28.2. The maximum Gasteiger partial charge on any atom is 0.322 e. The Balaban J connectivity index is 1.42. The zero-order chi connectivity index (χ0) is 26.4. The minimum atomic E-state index is -1.44. The Morgan fingerprint density at radius 3 is 2.78 bits per heavy atom. The summed E-state index contributed by atoms with van der Waals surface area (Å²) in [6.45, 7) is 7.71. The lowest BCUT2D eigenvalue weighted by Gasteiger charge is -2.39. The quantitative estimate of drug-likeness (QED) is 0.383. The molecule has 2 aliphatic heterocycles. The summed E-state index contributed by atoms with van der Waals surface area (Å²) in [4.78, 5) is 17.1. The molecule has 5 rings (SSSR count). The van der Waals surface area contributed by atoms with Crippen molar-refractivity contribution in [3.05, 3.63) is 23.1 Å². The molecule has 12 heteroatoms. The van der Waals surface area contributed by atoms with Crippen LogP contribution >= 0.6 is 0 Å². The number of aliphatic hydroxyl groups is 1. The lowest BCUT2D eigenvalue weighted by molar-refractivity contribution is 0.0780. The van der Waals surface area contributed by atoms with Crippen LogP contribution in [0.4, 0.5) is 20.7 Å². The van der Waals surface area contributed by atoms with E-state index in [9.17, 15) is 14.3 Å². The van der Waals surface area contributed by atoms with Crippen LogP contribution < -0.4 is 15.5 Å². The van der Waals surface area contributed by atoms with Gasteiger partial charge in [-0.05, 0) is 39.2 Å². The number of carbonyl (C=O) groups is 1. The number of anilines is 2. The highest BCUT2D eigenvalue weighted by atomic mass is 19.1. The van der Waals surface area contributed by atoms with Gasteiger partial charge >= 0.3 is 6.03 Å². The molecule has 1 aliphatic carbocycles. The highest BCUT2D eigenvalue weighted by molar-refractivity contribution is 5.95. The molecule has 1 saturated carbocycles. The lowest BCUT2D eigenvalue weighted by Crippen LogP contribution is -2.52. The van der Waals surface area contributed by atoms with E-state index >= 15 is 0 Å². The van der Waals surface area contributed by atoms with Crippen LogP contribution in [0.3, 0.4) is 0 Å². The number of hydrogen-bond acceptors (Lipinski definition) is 7. The second kappa shape index (κ2) is 9.64. The molecule has 2 amide bonds. The van der Waals surface area contributed by atoms with Crippen LogP contribution in [-0.2, 0) is 17.8 Å². The Hall–Kier alpha value is -3.12. The molecule has 0 atom stereocenters. The molecule has 202 valence electrons. The number of nitrogens with one attached hydrogen (secondary N) is 3. The first-order chi connectivity index (χ1) is 17.7. The third-order valence-corrected chi connectivity index (χ3v) is 7.35. The fourth-order valence-electron chi connectivity index (χ4n) is 5.06. The van der Waals surface area contributed by atoms with E-state index in [2.05, 4.69) is 25.7 Å². The number of carbonyl (C=O) groups excluding carboxylic acids is 1. The number of aromatic amines is 1. The Kier molecular flexibility index (Phi) is 6.65. The standard InChI is InChI=1S/C25H37FN8O3/c1-5-8-33(25(15-35)6-7-25)23(36)29-19-11-28-30-21(19)18-9-20-17(10-27-18)22(32-12-16(13-32)37-4)31-34(20)14-24(2,3)26/h9,11,16,27,35H,5-8,10,12-15H2,1-4H3,(H,28,30)(H,29,36). The number of ether oxygens (including phenoxy) is 1. The number of fused-ring (bicyclic) bond motifs is 1. The molecule has 2 fully saturated rings. The maximum absolute atomic E-state index is 14.7. The summed E-state index contributed by atoms with van der Waals surface area (Å²) in [5.74, 6) is 0.836. The highest BCUT2D eigenvalue weighted by Crippen LogP contribution is 2.42. The van der Waals surface area contributed by atoms with Gasteiger partial charge in [0.2, 0.25) is 0 Å². The first-order valence-corrected chi connectivity index (χ1v) is 12.9. The van der Waals surface area contributed by atoms with Crippen molar-refractivity contribution in [2.24, 2.45) is 0 Å². The third-order valence-electron chi connectivity index (χ3n) is 7.35. The minimum Gasteiger partial charge on any atom is -0.394 e. The van der Waals surface area contributed by atoms with Crippen molar-refractivity contribution in [3.8, 4) is 0 Å². The van der Waals surface area contributed by atoms with Crippen LogP contribution in [0.1, 0.15) is 57.0 Å². The van der Waals surface area contributed by atoms with E-state index in [0.717, 1.165) is 55.1 Å². The van der Waals surface area contributed by atoms with Crippen LogP contribution in [0.25, 0.3) is 11.8 Å². The lowest BCUT2D eigenvalue weighted by atomic mass is 10.1. The van der Waals surface area contributed by atoms with Crippen molar-refractivity contribution in [2.75, 3.05) is 43.6 Å². The number of nitrogens with zero attached hydrogens (tertiary/aromatic N) is 5. The second-order valence-electron chi connectivity index (χ2n) is 10.9. The number of halogens is 1. The molecule has 11 nitrogen and oxygen atoms in total. The molecule has 2 aromatic rings. The van der Waals surface area contributed by atoms with Crippen LogP contribution in [0.15, 0.2) is 6.20 Å². The summed E-state index contributed by atoms with van der Waals surface area (Å²) < 4.78 is 21.8. The normalized spacial score (nSPS) is 18.5. The van der Waals surface area contributed by atoms with E-state index in [1.165, 1.54) is 0 Å². The molecular formula is C25H37FN8O3. The van der Waals surface area contributed by atoms with Crippen molar-refractivity contribution in [1.82, 2.24) is 30.2 Å².